The molecule has 0 saturated heterocycles. The minimum Gasteiger partial charge on any atom is -0.134 e. The van der Waals surface area contributed by atoms with Crippen LogP contribution in [0.25, 0.3) is 0 Å². The van der Waals surface area contributed by atoms with Crippen LogP contribution in [0.4, 0.5) is 0 Å². The van der Waals surface area contributed by atoms with Crippen molar-refractivity contribution in [2.24, 2.45) is 5.92 Å². The summed E-state index contributed by atoms with van der Waals surface area (Å²) in [6.45, 7) is 6.64. The van der Waals surface area contributed by atoms with Gasteiger partial charge in [-0.2, -0.15) is 0 Å². The van der Waals surface area contributed by atoms with Gasteiger partial charge in [-0.25, -0.2) is 0 Å². The fraction of sp³-hybridized carbons (Fsp3) is 1.00. The highest BCUT2D eigenvalue weighted by atomic mass is 31.1. The van der Waals surface area contributed by atoms with Gasteiger partial charge in [0, 0.05) is 4.57 Å². The number of hydrogen-bond donors (Lipinski definition) is 2. The maximum absolute atomic E-state index is 8.70. The Morgan fingerprint density at radius 1 is 1.44 bits per heavy atom. The fourth-order valence-corrected chi connectivity index (χ4v) is 0. The first kappa shape index (κ1) is 11.8. The molecule has 0 radical (unpaired) electrons. The Labute approximate surface area is 56.7 Å². The smallest absolute Gasteiger partial charge is 0.134 e. The number of rotatable bonds is 1. The Hall–Kier alpha value is 0.0200. The summed E-state index contributed by atoms with van der Waals surface area (Å²) in [5.41, 5.74) is 0. The van der Waals surface area contributed by atoms with Gasteiger partial charge in [0.2, 0.25) is 0 Å². The highest BCUT2D eigenvalue weighted by Crippen LogP contribution is 1.98. The predicted molar refractivity (Wildman–Crippen MR) is 37.2 cm³/mol. The topological polar surface area (TPSA) is 57.5 Å². The van der Waals surface area contributed by atoms with E-state index in [1.165, 1.54) is 6.42 Å². The van der Waals surface area contributed by atoms with Crippen molar-refractivity contribution in [1.29, 1.82) is 0 Å². The van der Waals surface area contributed by atoms with Crippen molar-refractivity contribution in [3.8, 4) is 0 Å². The predicted octanol–water partition coefficient (Wildman–Crippen LogP) is 1.68. The van der Waals surface area contributed by atoms with Gasteiger partial charge in [0.1, 0.15) is 0 Å². The normalized spacial score (nSPS) is 8.22. The third-order valence-corrected chi connectivity index (χ3v) is 0.816. The maximum Gasteiger partial charge on any atom is 0.692 e. The summed E-state index contributed by atoms with van der Waals surface area (Å²) >= 11 is 0. The molecule has 0 bridgehead atoms. The molecule has 0 spiro atoms. The van der Waals surface area contributed by atoms with Crippen LogP contribution in [-0.2, 0) is 4.57 Å². The van der Waals surface area contributed by atoms with E-state index < -0.39 is 8.25 Å². The van der Waals surface area contributed by atoms with Crippen LogP contribution in [0.15, 0.2) is 0 Å². The Bertz CT molecular complexity index is 68.6. The molecule has 0 aliphatic rings. The molecule has 0 unspecified atom stereocenters. The lowest BCUT2D eigenvalue weighted by Gasteiger charge is -1.90. The van der Waals surface area contributed by atoms with Crippen LogP contribution in [0.5, 0.6) is 0 Å². The SMILES string of the molecule is CCC(C)C.O=[P+](O)O. The quantitative estimate of drug-likeness (QED) is 0.563. The largest absolute Gasteiger partial charge is 0.692 e. The average molecular weight is 153 g/mol. The third-order valence-electron chi connectivity index (χ3n) is 0.816. The van der Waals surface area contributed by atoms with Crippen LogP contribution < -0.4 is 0 Å². The summed E-state index contributed by atoms with van der Waals surface area (Å²) in [5.74, 6) is 0.884. The summed E-state index contributed by atoms with van der Waals surface area (Å²) < 4.78 is 8.70. The second kappa shape index (κ2) is 8.02. The van der Waals surface area contributed by atoms with Crippen LogP contribution >= 0.6 is 8.25 Å². The van der Waals surface area contributed by atoms with E-state index in [1.807, 2.05) is 0 Å². The van der Waals surface area contributed by atoms with Gasteiger partial charge >= 0.3 is 8.25 Å². The lowest BCUT2D eigenvalue weighted by molar-refractivity contribution is 0.405. The van der Waals surface area contributed by atoms with Gasteiger partial charge in [-0.1, -0.05) is 27.2 Å². The van der Waals surface area contributed by atoms with Crippen molar-refractivity contribution in [2.45, 2.75) is 27.2 Å². The van der Waals surface area contributed by atoms with E-state index in [0.29, 0.717) is 0 Å². The van der Waals surface area contributed by atoms with E-state index in [4.69, 9.17) is 14.4 Å². The zero-order chi connectivity index (χ0) is 7.86. The summed E-state index contributed by atoms with van der Waals surface area (Å²) in [5, 5.41) is 0. The molecule has 0 rings (SSSR count). The van der Waals surface area contributed by atoms with Crippen molar-refractivity contribution >= 4 is 8.25 Å². The molecule has 0 aromatic carbocycles. The van der Waals surface area contributed by atoms with Gasteiger partial charge in [-0.15, -0.1) is 9.79 Å². The molecule has 9 heavy (non-hydrogen) atoms. The molecular formula is C5H14O3P+. The molecule has 0 saturated carbocycles. The van der Waals surface area contributed by atoms with E-state index in [0.717, 1.165) is 5.92 Å². The molecule has 0 amide bonds. The lowest BCUT2D eigenvalue weighted by Crippen LogP contribution is -1.77. The molecule has 0 fully saturated rings. The zero-order valence-corrected chi connectivity index (χ0v) is 6.93. The second-order valence-electron chi connectivity index (χ2n) is 2.05. The van der Waals surface area contributed by atoms with Gasteiger partial charge in [0.05, 0.1) is 0 Å². The molecule has 4 heteroatoms. The molecule has 0 aliphatic heterocycles. The van der Waals surface area contributed by atoms with Crippen LogP contribution in [0.2, 0.25) is 0 Å². The van der Waals surface area contributed by atoms with Gasteiger partial charge in [-0.05, 0) is 5.92 Å². The van der Waals surface area contributed by atoms with E-state index >= 15 is 0 Å². The molecule has 2 N–H and O–H groups in total. The van der Waals surface area contributed by atoms with E-state index in [9.17, 15) is 0 Å². The van der Waals surface area contributed by atoms with Gasteiger partial charge in [-0.3, -0.25) is 0 Å². The van der Waals surface area contributed by atoms with Crippen LogP contribution in [0.3, 0.4) is 0 Å². The highest BCUT2D eigenvalue weighted by Gasteiger charge is 1.93. The van der Waals surface area contributed by atoms with E-state index in [2.05, 4.69) is 20.8 Å². The van der Waals surface area contributed by atoms with Crippen LogP contribution in [-0.4, -0.2) is 9.79 Å². The van der Waals surface area contributed by atoms with Crippen molar-refractivity contribution < 1.29 is 14.4 Å². The summed E-state index contributed by atoms with van der Waals surface area (Å²) in [6, 6.07) is 0. The first-order valence-corrected chi connectivity index (χ1v) is 4.02. The minimum atomic E-state index is -2.87. The van der Waals surface area contributed by atoms with E-state index in [1.54, 1.807) is 0 Å². The molecule has 0 aliphatic carbocycles. The van der Waals surface area contributed by atoms with Gasteiger partial charge in [0.25, 0.3) is 0 Å². The maximum atomic E-state index is 8.70. The Balaban J connectivity index is 0. The summed E-state index contributed by atoms with van der Waals surface area (Å²) in [7, 11) is -2.87. The van der Waals surface area contributed by atoms with Crippen molar-refractivity contribution in [1.82, 2.24) is 0 Å². The molecule has 0 atom stereocenters. The Kier molecular flexibility index (Phi) is 10.5. The van der Waals surface area contributed by atoms with Gasteiger partial charge < -0.3 is 0 Å². The molecule has 0 heterocycles. The lowest BCUT2D eigenvalue weighted by atomic mass is 10.2. The standard InChI is InChI=1S/C5H12.HO3P/c1-4-5(2)3;1-4(2)3/h5H,4H2,1-3H3;(H-,1,2,3)/p+1. The minimum absolute atomic E-state index is 0.884. The summed E-state index contributed by atoms with van der Waals surface area (Å²) in [6.07, 6.45) is 1.31. The third kappa shape index (κ3) is 71.2. The van der Waals surface area contributed by atoms with Crippen molar-refractivity contribution in [2.75, 3.05) is 0 Å². The van der Waals surface area contributed by atoms with Gasteiger partial charge in [0.15, 0.2) is 0 Å². The van der Waals surface area contributed by atoms with Crippen LogP contribution in [0, 0.1) is 5.92 Å². The molecule has 0 aromatic heterocycles. The second-order valence-corrected chi connectivity index (χ2v) is 2.56. The Morgan fingerprint density at radius 3 is 1.56 bits per heavy atom. The molecule has 3 nitrogen and oxygen atoms in total. The molecular weight excluding hydrogens is 139 g/mol. The Morgan fingerprint density at radius 2 is 1.56 bits per heavy atom. The van der Waals surface area contributed by atoms with E-state index in [-0.39, 0.29) is 0 Å². The monoisotopic (exact) mass is 153 g/mol. The first-order valence-electron chi connectivity index (χ1n) is 2.85. The van der Waals surface area contributed by atoms with Crippen molar-refractivity contribution in [3.05, 3.63) is 0 Å². The van der Waals surface area contributed by atoms with Crippen LogP contribution in [0.1, 0.15) is 27.2 Å². The summed E-state index contributed by atoms with van der Waals surface area (Å²) in [4.78, 5) is 14.2. The highest BCUT2D eigenvalue weighted by molar-refractivity contribution is 7.30. The van der Waals surface area contributed by atoms with Crippen molar-refractivity contribution in [3.63, 3.8) is 0 Å². The first-order chi connectivity index (χ1) is 4.00. The molecule has 0 aromatic rings. The molecule has 56 valence electrons. The fourth-order valence-electron chi connectivity index (χ4n) is 0. The zero-order valence-electron chi connectivity index (χ0n) is 6.03. The number of hydrogen-bond acceptors (Lipinski definition) is 1. The average Bonchev–Trinajstić information content (AvgIpc) is 1.65.